The number of aliphatic carboxylic acids is 1. The number of nitro groups is 1. The van der Waals surface area contributed by atoms with E-state index in [1.807, 2.05) is 13.8 Å². The lowest BCUT2D eigenvalue weighted by atomic mass is 10.0. The molecule has 0 N–H and O–H groups in total. The van der Waals surface area contributed by atoms with Crippen LogP contribution in [0.25, 0.3) is 6.08 Å². The molecule has 1 aromatic carbocycles. The third kappa shape index (κ3) is 4.43. The van der Waals surface area contributed by atoms with Crippen molar-refractivity contribution in [3.8, 4) is 0 Å². The quantitative estimate of drug-likeness (QED) is 0.322. The zero-order valence-electron chi connectivity index (χ0n) is 13.5. The van der Waals surface area contributed by atoms with E-state index >= 15 is 0 Å². The molecule has 1 atom stereocenters. The summed E-state index contributed by atoms with van der Waals surface area (Å²) in [7, 11) is 0. The smallest absolute Gasteiger partial charge is 0.269 e. The van der Waals surface area contributed by atoms with Gasteiger partial charge in [0.1, 0.15) is 4.32 Å². The summed E-state index contributed by atoms with van der Waals surface area (Å²) in [4.78, 5) is 35.5. The maximum absolute atomic E-state index is 12.6. The van der Waals surface area contributed by atoms with Crippen LogP contribution >= 0.6 is 24.0 Å². The number of hydrogen-bond acceptors (Lipinski definition) is 7. The molecular weight excluding hydrogens is 364 g/mol. The Kier molecular flexibility index (Phi) is 5.91. The first-order valence-electron chi connectivity index (χ1n) is 7.43. The van der Waals surface area contributed by atoms with E-state index in [1.165, 1.54) is 30.3 Å². The lowest BCUT2D eigenvalue weighted by molar-refractivity contribution is -0.384. The van der Waals surface area contributed by atoms with Gasteiger partial charge in [-0.05, 0) is 36.1 Å². The summed E-state index contributed by atoms with van der Waals surface area (Å²) >= 11 is 6.16. The van der Waals surface area contributed by atoms with Gasteiger partial charge in [-0.2, -0.15) is 0 Å². The number of nitro benzene ring substituents is 1. The number of carboxylic acid groups (broad SMARTS) is 1. The Bertz CT molecular complexity index is 758. The van der Waals surface area contributed by atoms with Crippen molar-refractivity contribution in [3.63, 3.8) is 0 Å². The fourth-order valence-electron chi connectivity index (χ4n) is 2.35. The number of amides is 1. The van der Waals surface area contributed by atoms with Crippen LogP contribution in [0.2, 0.25) is 0 Å². The van der Waals surface area contributed by atoms with Crippen LogP contribution in [0.4, 0.5) is 5.69 Å². The summed E-state index contributed by atoms with van der Waals surface area (Å²) in [6.07, 6.45) is 1.77. The molecule has 0 unspecified atom stereocenters. The second-order valence-corrected chi connectivity index (χ2v) is 7.54. The number of nitrogens with zero attached hydrogens (tertiary/aromatic N) is 2. The standard InChI is InChI=1S/C16H16N2O5S2/c1-9(2)7-12(15(20)21)17-14(19)13(25-16(17)24)8-10-3-5-11(6-4-10)18(22)23/h3-6,8-9,12H,7H2,1-2H3,(H,20,21)/p-1/b13-8-/t12-/m0/s1. The average Bonchev–Trinajstić information content (AvgIpc) is 2.79. The van der Waals surface area contributed by atoms with Gasteiger partial charge in [0.25, 0.3) is 11.6 Å². The van der Waals surface area contributed by atoms with Crippen LogP contribution in [-0.2, 0) is 9.59 Å². The number of carboxylic acids is 1. The molecule has 0 radical (unpaired) electrons. The van der Waals surface area contributed by atoms with Crippen molar-refractivity contribution in [3.05, 3.63) is 44.8 Å². The van der Waals surface area contributed by atoms with Crippen LogP contribution < -0.4 is 5.11 Å². The summed E-state index contributed by atoms with van der Waals surface area (Å²) in [5.41, 5.74) is 0.526. The molecule has 1 aliphatic rings. The summed E-state index contributed by atoms with van der Waals surface area (Å²) in [5.74, 6) is -1.80. The Balaban J connectivity index is 2.27. The van der Waals surface area contributed by atoms with E-state index < -0.39 is 22.8 Å². The van der Waals surface area contributed by atoms with Gasteiger partial charge < -0.3 is 9.90 Å². The minimum absolute atomic E-state index is 0.0474. The largest absolute Gasteiger partial charge is 0.548 e. The zero-order chi connectivity index (χ0) is 18.7. The lowest BCUT2D eigenvalue weighted by Gasteiger charge is -2.28. The topological polar surface area (TPSA) is 104 Å². The first-order valence-corrected chi connectivity index (χ1v) is 8.65. The number of thioether (sulfide) groups is 1. The lowest BCUT2D eigenvalue weighted by Crippen LogP contribution is -2.50. The Hall–Kier alpha value is -2.26. The minimum Gasteiger partial charge on any atom is -0.548 e. The van der Waals surface area contributed by atoms with Gasteiger partial charge in [0, 0.05) is 12.1 Å². The number of rotatable bonds is 6. The van der Waals surface area contributed by atoms with Crippen molar-refractivity contribution in [1.29, 1.82) is 0 Å². The van der Waals surface area contributed by atoms with Gasteiger partial charge in [0.15, 0.2) is 0 Å². The fourth-order valence-corrected chi connectivity index (χ4v) is 3.70. The van der Waals surface area contributed by atoms with E-state index in [0.717, 1.165) is 16.7 Å². The van der Waals surface area contributed by atoms with Crippen molar-refractivity contribution in [2.24, 2.45) is 5.92 Å². The van der Waals surface area contributed by atoms with Crippen molar-refractivity contribution in [2.75, 3.05) is 0 Å². The molecular formula is C16H15N2O5S2-. The van der Waals surface area contributed by atoms with Gasteiger partial charge in [-0.25, -0.2) is 0 Å². The normalized spacial score (nSPS) is 17.4. The molecule has 1 fully saturated rings. The second kappa shape index (κ2) is 7.75. The van der Waals surface area contributed by atoms with Crippen LogP contribution in [0, 0.1) is 16.0 Å². The number of thiocarbonyl (C=S) groups is 1. The zero-order valence-corrected chi connectivity index (χ0v) is 15.1. The van der Waals surface area contributed by atoms with E-state index in [2.05, 4.69) is 0 Å². The number of hydrogen-bond donors (Lipinski definition) is 0. The summed E-state index contributed by atoms with van der Waals surface area (Å²) < 4.78 is 0.160. The second-order valence-electron chi connectivity index (χ2n) is 5.86. The highest BCUT2D eigenvalue weighted by Gasteiger charge is 2.37. The summed E-state index contributed by atoms with van der Waals surface area (Å²) in [5, 5.41) is 22.1. The number of carbonyl (C=O) groups excluding carboxylic acids is 2. The molecule has 0 spiro atoms. The molecule has 1 aliphatic heterocycles. The highest BCUT2D eigenvalue weighted by Crippen LogP contribution is 2.35. The highest BCUT2D eigenvalue weighted by molar-refractivity contribution is 8.26. The molecule has 0 aromatic heterocycles. The molecule has 1 saturated heterocycles. The van der Waals surface area contributed by atoms with Crippen LogP contribution in [-0.4, -0.2) is 32.1 Å². The van der Waals surface area contributed by atoms with Gasteiger partial charge in [-0.15, -0.1) is 0 Å². The van der Waals surface area contributed by atoms with E-state index in [0.29, 0.717) is 5.56 Å². The number of non-ortho nitro benzene ring substituents is 1. The van der Waals surface area contributed by atoms with Gasteiger partial charge in [-0.1, -0.05) is 37.8 Å². The molecule has 1 heterocycles. The molecule has 1 aromatic rings. The predicted octanol–water partition coefficient (Wildman–Crippen LogP) is 1.96. The SMILES string of the molecule is CC(C)C[C@@H](C(=O)[O-])N1C(=O)/C(=C/c2ccc([N+](=O)[O-])cc2)SC1=S. The number of carbonyl (C=O) groups is 2. The van der Waals surface area contributed by atoms with E-state index in [4.69, 9.17) is 12.2 Å². The first kappa shape index (κ1) is 19.1. The Morgan fingerprint density at radius 3 is 2.44 bits per heavy atom. The van der Waals surface area contributed by atoms with Crippen LogP contribution in [0.3, 0.4) is 0 Å². The van der Waals surface area contributed by atoms with E-state index in [-0.39, 0.29) is 27.3 Å². The molecule has 2 rings (SSSR count). The third-order valence-corrected chi connectivity index (χ3v) is 4.83. The molecule has 25 heavy (non-hydrogen) atoms. The molecule has 9 heteroatoms. The fraction of sp³-hybridized carbons (Fsp3) is 0.312. The molecule has 7 nitrogen and oxygen atoms in total. The van der Waals surface area contributed by atoms with E-state index in [9.17, 15) is 24.8 Å². The predicted molar refractivity (Wildman–Crippen MR) is 96.4 cm³/mol. The van der Waals surface area contributed by atoms with Crippen LogP contribution in [0.5, 0.6) is 0 Å². The van der Waals surface area contributed by atoms with Gasteiger partial charge in [-0.3, -0.25) is 19.8 Å². The molecule has 0 bridgehead atoms. The Morgan fingerprint density at radius 1 is 1.36 bits per heavy atom. The first-order chi connectivity index (χ1) is 11.7. The Labute approximate surface area is 153 Å². The van der Waals surface area contributed by atoms with Crippen LogP contribution in [0.15, 0.2) is 29.2 Å². The van der Waals surface area contributed by atoms with Gasteiger partial charge in [0.05, 0.1) is 21.8 Å². The summed E-state index contributed by atoms with van der Waals surface area (Å²) in [6, 6.07) is 4.56. The molecule has 132 valence electrons. The average molecular weight is 379 g/mol. The molecule has 1 amide bonds. The van der Waals surface area contributed by atoms with Crippen molar-refractivity contribution in [1.82, 2.24) is 4.90 Å². The monoisotopic (exact) mass is 379 g/mol. The number of benzene rings is 1. The van der Waals surface area contributed by atoms with Crippen molar-refractivity contribution in [2.45, 2.75) is 26.3 Å². The van der Waals surface area contributed by atoms with Gasteiger partial charge in [0.2, 0.25) is 0 Å². The summed E-state index contributed by atoms with van der Waals surface area (Å²) in [6.45, 7) is 3.70. The maximum Gasteiger partial charge on any atom is 0.269 e. The van der Waals surface area contributed by atoms with Gasteiger partial charge >= 0.3 is 0 Å². The third-order valence-electron chi connectivity index (χ3n) is 3.50. The molecule has 0 aliphatic carbocycles. The maximum atomic E-state index is 12.6. The minimum atomic E-state index is -1.35. The van der Waals surface area contributed by atoms with E-state index in [1.54, 1.807) is 0 Å². The Morgan fingerprint density at radius 2 is 1.96 bits per heavy atom. The van der Waals surface area contributed by atoms with Crippen LogP contribution in [0.1, 0.15) is 25.8 Å². The highest BCUT2D eigenvalue weighted by atomic mass is 32.2. The molecule has 0 saturated carbocycles. The van der Waals surface area contributed by atoms with Crippen molar-refractivity contribution < 1.29 is 19.6 Å². The van der Waals surface area contributed by atoms with Crippen molar-refractivity contribution >= 4 is 51.9 Å².